The topological polar surface area (TPSA) is 70.2 Å². The van der Waals surface area contributed by atoms with E-state index in [0.717, 1.165) is 11.3 Å². The average molecular weight is 263 g/mol. The van der Waals surface area contributed by atoms with Gasteiger partial charge in [-0.05, 0) is 51.0 Å². The first-order valence-electron chi connectivity index (χ1n) is 6.30. The number of anilines is 1. The largest absolute Gasteiger partial charge is 0.336 e. The van der Waals surface area contributed by atoms with Crippen molar-refractivity contribution < 1.29 is 9.59 Å². The van der Waals surface area contributed by atoms with E-state index < -0.39 is 0 Å². The fourth-order valence-corrected chi connectivity index (χ4v) is 1.50. The van der Waals surface area contributed by atoms with E-state index in [9.17, 15) is 9.59 Å². The highest BCUT2D eigenvalue weighted by Crippen LogP contribution is 2.13. The summed E-state index contributed by atoms with van der Waals surface area (Å²) in [6.45, 7) is 7.66. The van der Waals surface area contributed by atoms with E-state index in [0.29, 0.717) is 0 Å². The zero-order chi connectivity index (χ0) is 14.4. The average Bonchev–Trinajstić information content (AvgIpc) is 2.30. The minimum absolute atomic E-state index is 0.0443. The number of hydrogen-bond acceptors (Lipinski definition) is 2. The summed E-state index contributed by atoms with van der Waals surface area (Å²) in [7, 11) is 0. The molecule has 0 radical (unpaired) electrons. The summed E-state index contributed by atoms with van der Waals surface area (Å²) in [6.07, 6.45) is 0. The molecule has 0 saturated heterocycles. The van der Waals surface area contributed by atoms with Crippen LogP contribution in [-0.4, -0.2) is 24.5 Å². The molecule has 104 valence electrons. The Hall–Kier alpha value is -2.04. The molecule has 0 aliphatic heterocycles. The first-order valence-corrected chi connectivity index (χ1v) is 6.30. The van der Waals surface area contributed by atoms with Crippen LogP contribution in [0.1, 0.15) is 25.0 Å². The standard InChI is InChI=1S/C14H21N3O2/c1-9(2)16-14(19)15-8-13(18)17-12-6-5-10(3)11(4)7-12/h5-7,9H,8H2,1-4H3,(H,17,18)(H2,15,16,19). The molecule has 0 atom stereocenters. The van der Waals surface area contributed by atoms with Crippen LogP contribution in [0.2, 0.25) is 0 Å². The SMILES string of the molecule is Cc1ccc(NC(=O)CNC(=O)NC(C)C)cc1C. The van der Waals surface area contributed by atoms with Crippen LogP contribution in [0.4, 0.5) is 10.5 Å². The number of aryl methyl sites for hydroxylation is 2. The van der Waals surface area contributed by atoms with Crippen molar-refractivity contribution in [1.29, 1.82) is 0 Å². The van der Waals surface area contributed by atoms with E-state index in [1.165, 1.54) is 5.56 Å². The number of hydrogen-bond donors (Lipinski definition) is 3. The highest BCUT2D eigenvalue weighted by Gasteiger charge is 2.06. The molecule has 3 N–H and O–H groups in total. The summed E-state index contributed by atoms with van der Waals surface area (Å²) in [4.78, 5) is 23.0. The third kappa shape index (κ3) is 5.42. The lowest BCUT2D eigenvalue weighted by Gasteiger charge is -2.11. The molecule has 1 rings (SSSR count). The van der Waals surface area contributed by atoms with Crippen LogP contribution in [0.15, 0.2) is 18.2 Å². The molecule has 0 aromatic heterocycles. The van der Waals surface area contributed by atoms with Crippen molar-refractivity contribution in [2.75, 3.05) is 11.9 Å². The summed E-state index contributed by atoms with van der Waals surface area (Å²) < 4.78 is 0. The Balaban J connectivity index is 2.43. The number of nitrogens with one attached hydrogen (secondary N) is 3. The number of amides is 3. The van der Waals surface area contributed by atoms with E-state index in [2.05, 4.69) is 16.0 Å². The number of rotatable bonds is 4. The second kappa shape index (κ2) is 6.78. The van der Waals surface area contributed by atoms with E-state index in [4.69, 9.17) is 0 Å². The molecule has 0 bridgehead atoms. The maximum absolute atomic E-state index is 11.6. The maximum atomic E-state index is 11.6. The van der Waals surface area contributed by atoms with Gasteiger partial charge in [-0.2, -0.15) is 0 Å². The summed E-state index contributed by atoms with van der Waals surface area (Å²) >= 11 is 0. The van der Waals surface area contributed by atoms with Gasteiger partial charge in [-0.15, -0.1) is 0 Å². The van der Waals surface area contributed by atoms with Gasteiger partial charge in [0, 0.05) is 11.7 Å². The van der Waals surface area contributed by atoms with Crippen LogP contribution < -0.4 is 16.0 Å². The first-order chi connectivity index (χ1) is 8.88. The molecule has 19 heavy (non-hydrogen) atoms. The lowest BCUT2D eigenvalue weighted by molar-refractivity contribution is -0.115. The molecule has 1 aromatic rings. The summed E-state index contributed by atoms with van der Waals surface area (Å²) in [5.74, 6) is -0.248. The Morgan fingerprint density at radius 2 is 1.84 bits per heavy atom. The molecule has 3 amide bonds. The smallest absolute Gasteiger partial charge is 0.315 e. The van der Waals surface area contributed by atoms with Gasteiger partial charge in [0.2, 0.25) is 5.91 Å². The van der Waals surface area contributed by atoms with Gasteiger partial charge in [-0.3, -0.25) is 4.79 Å². The molecule has 5 heteroatoms. The Morgan fingerprint density at radius 3 is 2.42 bits per heavy atom. The van der Waals surface area contributed by atoms with Crippen molar-refractivity contribution in [1.82, 2.24) is 10.6 Å². The van der Waals surface area contributed by atoms with Crippen LogP contribution in [0, 0.1) is 13.8 Å². The van der Waals surface area contributed by atoms with E-state index in [-0.39, 0.29) is 24.5 Å². The van der Waals surface area contributed by atoms with Gasteiger partial charge in [0.1, 0.15) is 0 Å². The molecule has 0 fully saturated rings. The first kappa shape index (κ1) is 15.0. The molecule has 0 saturated carbocycles. The number of carbonyl (C=O) groups is 2. The lowest BCUT2D eigenvalue weighted by Crippen LogP contribution is -2.42. The number of benzene rings is 1. The van der Waals surface area contributed by atoms with Crippen molar-refractivity contribution >= 4 is 17.6 Å². The molecular weight excluding hydrogens is 242 g/mol. The summed E-state index contributed by atoms with van der Waals surface area (Å²) in [6, 6.07) is 5.40. The second-order valence-electron chi connectivity index (χ2n) is 4.83. The van der Waals surface area contributed by atoms with Crippen LogP contribution >= 0.6 is 0 Å². The summed E-state index contributed by atoms with van der Waals surface area (Å²) in [5.41, 5.74) is 3.02. The lowest BCUT2D eigenvalue weighted by atomic mass is 10.1. The van der Waals surface area contributed by atoms with Gasteiger partial charge >= 0.3 is 6.03 Å². The highest BCUT2D eigenvalue weighted by atomic mass is 16.2. The van der Waals surface area contributed by atoms with Gasteiger partial charge in [-0.25, -0.2) is 4.79 Å². The van der Waals surface area contributed by atoms with Gasteiger partial charge < -0.3 is 16.0 Å². The number of carbonyl (C=O) groups excluding carboxylic acids is 2. The zero-order valence-electron chi connectivity index (χ0n) is 11.8. The third-order valence-electron chi connectivity index (χ3n) is 2.62. The number of urea groups is 1. The zero-order valence-corrected chi connectivity index (χ0v) is 11.8. The molecule has 0 heterocycles. The predicted molar refractivity (Wildman–Crippen MR) is 76.2 cm³/mol. The van der Waals surface area contributed by atoms with Crippen LogP contribution in [0.25, 0.3) is 0 Å². The third-order valence-corrected chi connectivity index (χ3v) is 2.62. The fraction of sp³-hybridized carbons (Fsp3) is 0.429. The molecule has 0 aliphatic rings. The van der Waals surface area contributed by atoms with Crippen molar-refractivity contribution in [2.45, 2.75) is 33.7 Å². The summed E-state index contributed by atoms with van der Waals surface area (Å²) in [5, 5.41) is 7.88. The second-order valence-corrected chi connectivity index (χ2v) is 4.83. The minimum Gasteiger partial charge on any atom is -0.336 e. The fourth-order valence-electron chi connectivity index (χ4n) is 1.50. The van der Waals surface area contributed by atoms with Crippen LogP contribution in [0.5, 0.6) is 0 Å². The molecule has 1 aromatic carbocycles. The van der Waals surface area contributed by atoms with Crippen molar-refractivity contribution in [2.24, 2.45) is 0 Å². The molecule has 0 aliphatic carbocycles. The van der Waals surface area contributed by atoms with Crippen LogP contribution in [-0.2, 0) is 4.79 Å². The van der Waals surface area contributed by atoms with Gasteiger partial charge in [0.15, 0.2) is 0 Å². The quantitative estimate of drug-likeness (QED) is 0.777. The molecule has 0 unspecified atom stereocenters. The minimum atomic E-state index is -0.342. The molecular formula is C14H21N3O2. The molecule has 0 spiro atoms. The maximum Gasteiger partial charge on any atom is 0.315 e. The highest BCUT2D eigenvalue weighted by molar-refractivity contribution is 5.94. The van der Waals surface area contributed by atoms with Crippen molar-refractivity contribution in [3.05, 3.63) is 29.3 Å². The molecule has 5 nitrogen and oxygen atoms in total. The van der Waals surface area contributed by atoms with Gasteiger partial charge in [-0.1, -0.05) is 6.07 Å². The predicted octanol–water partition coefficient (Wildman–Crippen LogP) is 1.95. The van der Waals surface area contributed by atoms with Crippen LogP contribution in [0.3, 0.4) is 0 Å². The Labute approximate surface area is 113 Å². The van der Waals surface area contributed by atoms with E-state index >= 15 is 0 Å². The van der Waals surface area contributed by atoms with Crippen molar-refractivity contribution in [3.63, 3.8) is 0 Å². The van der Waals surface area contributed by atoms with Gasteiger partial charge in [0.05, 0.1) is 6.54 Å². The Kier molecular flexibility index (Phi) is 5.36. The normalized spacial score (nSPS) is 10.2. The van der Waals surface area contributed by atoms with Crippen molar-refractivity contribution in [3.8, 4) is 0 Å². The Bertz CT molecular complexity index is 470. The van der Waals surface area contributed by atoms with E-state index in [1.807, 2.05) is 45.9 Å². The van der Waals surface area contributed by atoms with Gasteiger partial charge in [0.25, 0.3) is 0 Å². The Morgan fingerprint density at radius 1 is 1.16 bits per heavy atom. The monoisotopic (exact) mass is 263 g/mol. The van der Waals surface area contributed by atoms with E-state index in [1.54, 1.807) is 0 Å².